The van der Waals surface area contributed by atoms with Crippen LogP contribution in [0.25, 0.3) is 0 Å². The second-order valence-corrected chi connectivity index (χ2v) is 4.11. The molecule has 1 aromatic carbocycles. The molecule has 0 atom stereocenters. The summed E-state index contributed by atoms with van der Waals surface area (Å²) in [5.41, 5.74) is 0.762. The van der Waals surface area contributed by atoms with Gasteiger partial charge in [0.2, 0.25) is 0 Å². The number of hydrogen-bond acceptors (Lipinski definition) is 4. The molecule has 1 N–H and O–H groups in total. The number of rotatable bonds is 4. The van der Waals surface area contributed by atoms with Crippen molar-refractivity contribution in [2.45, 2.75) is 11.8 Å². The summed E-state index contributed by atoms with van der Waals surface area (Å²) in [6.45, 7) is 1.82. The summed E-state index contributed by atoms with van der Waals surface area (Å²) in [5.74, 6) is 0.695. The smallest absolute Gasteiger partial charge is 0.323 e. The number of thioether (sulfide) groups is 1. The topological polar surface area (TPSA) is 50.7 Å². The second-order valence-electron chi connectivity index (χ2n) is 3.06. The summed E-state index contributed by atoms with van der Waals surface area (Å²) >= 11 is 1.65. The maximum atomic E-state index is 10.7. The largest absolute Gasteiger partial charge is 0.433 e. The van der Waals surface area contributed by atoms with Gasteiger partial charge in [-0.1, -0.05) is 23.4 Å². The molecule has 0 aliphatic heterocycles. The molecular formula is C11H14N2O2S. The minimum atomic E-state index is -0.552. The molecule has 1 aromatic rings. The Bertz CT molecular complexity index is 366. The Labute approximate surface area is 99.1 Å². The molecule has 0 aliphatic carbocycles. The van der Waals surface area contributed by atoms with Crippen LogP contribution in [0.4, 0.5) is 4.79 Å². The predicted octanol–water partition coefficient (Wildman–Crippen LogP) is 2.51. The summed E-state index contributed by atoms with van der Waals surface area (Å²) in [5, 5.41) is 6.01. The third-order valence-electron chi connectivity index (χ3n) is 1.68. The van der Waals surface area contributed by atoms with Crippen LogP contribution in [0.1, 0.15) is 6.92 Å². The standard InChI is InChI=1S/C11H14N2O2S/c1-9(13-15-11(14)12-2)8-16-10-6-4-3-5-7-10/h3-7H,8H2,1-2H3,(H,12,14). The molecule has 0 fully saturated rings. The van der Waals surface area contributed by atoms with Gasteiger partial charge in [-0.2, -0.15) is 0 Å². The summed E-state index contributed by atoms with van der Waals surface area (Å²) < 4.78 is 0. The van der Waals surface area contributed by atoms with E-state index in [9.17, 15) is 4.79 Å². The van der Waals surface area contributed by atoms with Gasteiger partial charge in [-0.15, -0.1) is 11.8 Å². The summed E-state index contributed by atoms with van der Waals surface area (Å²) in [7, 11) is 1.49. The molecule has 0 bridgehead atoms. The van der Waals surface area contributed by atoms with Crippen LogP contribution in [-0.4, -0.2) is 24.6 Å². The van der Waals surface area contributed by atoms with E-state index in [0.29, 0.717) is 5.75 Å². The first-order chi connectivity index (χ1) is 7.72. The SMILES string of the molecule is CNC(=O)ON=C(C)CSc1ccccc1. The highest BCUT2D eigenvalue weighted by molar-refractivity contribution is 8.00. The Balaban J connectivity index is 2.35. The molecule has 0 saturated heterocycles. The fourth-order valence-corrected chi connectivity index (χ4v) is 1.67. The predicted molar refractivity (Wildman–Crippen MR) is 65.8 cm³/mol. The van der Waals surface area contributed by atoms with Crippen LogP contribution in [0.3, 0.4) is 0 Å². The third kappa shape index (κ3) is 4.84. The molecule has 86 valence electrons. The molecule has 0 spiro atoms. The monoisotopic (exact) mass is 238 g/mol. The van der Waals surface area contributed by atoms with E-state index in [2.05, 4.69) is 15.3 Å². The van der Waals surface area contributed by atoms with Gasteiger partial charge in [0.25, 0.3) is 0 Å². The van der Waals surface area contributed by atoms with E-state index < -0.39 is 6.09 Å². The second kappa shape index (κ2) is 6.90. The van der Waals surface area contributed by atoms with Crippen LogP contribution in [0.2, 0.25) is 0 Å². The molecule has 0 unspecified atom stereocenters. The van der Waals surface area contributed by atoms with Gasteiger partial charge < -0.3 is 5.32 Å². The van der Waals surface area contributed by atoms with E-state index in [4.69, 9.17) is 0 Å². The average Bonchev–Trinajstić information content (AvgIpc) is 2.34. The lowest BCUT2D eigenvalue weighted by Gasteiger charge is -2.01. The molecule has 0 saturated carbocycles. The van der Waals surface area contributed by atoms with Crippen molar-refractivity contribution < 1.29 is 9.63 Å². The van der Waals surface area contributed by atoms with Gasteiger partial charge in [0.15, 0.2) is 0 Å². The first-order valence-corrected chi connectivity index (χ1v) is 5.81. The third-order valence-corrected chi connectivity index (χ3v) is 2.85. The highest BCUT2D eigenvalue weighted by Crippen LogP contribution is 2.16. The lowest BCUT2D eigenvalue weighted by atomic mass is 10.4. The van der Waals surface area contributed by atoms with Crippen LogP contribution >= 0.6 is 11.8 Å². The van der Waals surface area contributed by atoms with Gasteiger partial charge in [-0.25, -0.2) is 4.79 Å². The molecular weight excluding hydrogens is 224 g/mol. The number of amides is 1. The van der Waals surface area contributed by atoms with Crippen molar-refractivity contribution in [2.75, 3.05) is 12.8 Å². The van der Waals surface area contributed by atoms with Crippen LogP contribution in [-0.2, 0) is 4.84 Å². The molecule has 0 heterocycles. The number of carbonyl (C=O) groups is 1. The first kappa shape index (κ1) is 12.6. The first-order valence-electron chi connectivity index (χ1n) is 4.82. The van der Waals surface area contributed by atoms with E-state index >= 15 is 0 Å². The van der Waals surface area contributed by atoms with Gasteiger partial charge in [0.05, 0.1) is 5.71 Å². The maximum absolute atomic E-state index is 10.7. The van der Waals surface area contributed by atoms with Crippen molar-refractivity contribution in [3.8, 4) is 0 Å². The van der Waals surface area contributed by atoms with Crippen LogP contribution < -0.4 is 5.32 Å². The Morgan fingerprint density at radius 3 is 2.75 bits per heavy atom. The Morgan fingerprint density at radius 1 is 1.44 bits per heavy atom. The Morgan fingerprint density at radius 2 is 2.12 bits per heavy atom. The van der Waals surface area contributed by atoms with Crippen molar-refractivity contribution in [2.24, 2.45) is 5.16 Å². The molecule has 0 radical (unpaired) electrons. The minimum absolute atomic E-state index is 0.552. The van der Waals surface area contributed by atoms with Crippen molar-refractivity contribution in [1.29, 1.82) is 0 Å². The quantitative estimate of drug-likeness (QED) is 0.379. The number of carbonyl (C=O) groups excluding carboxylic acids is 1. The Kier molecular flexibility index (Phi) is 5.42. The molecule has 0 aliphatic rings. The van der Waals surface area contributed by atoms with Crippen molar-refractivity contribution in [3.05, 3.63) is 30.3 Å². The van der Waals surface area contributed by atoms with Crippen molar-refractivity contribution in [3.63, 3.8) is 0 Å². The van der Waals surface area contributed by atoms with Gasteiger partial charge in [0, 0.05) is 17.7 Å². The number of hydrogen-bond donors (Lipinski definition) is 1. The average molecular weight is 238 g/mol. The number of nitrogens with one attached hydrogen (secondary N) is 1. The highest BCUT2D eigenvalue weighted by atomic mass is 32.2. The minimum Gasteiger partial charge on any atom is -0.323 e. The fraction of sp³-hybridized carbons (Fsp3) is 0.273. The molecule has 16 heavy (non-hydrogen) atoms. The van der Waals surface area contributed by atoms with Crippen LogP contribution in [0, 0.1) is 0 Å². The van der Waals surface area contributed by atoms with E-state index in [0.717, 1.165) is 10.6 Å². The van der Waals surface area contributed by atoms with E-state index in [-0.39, 0.29) is 0 Å². The highest BCUT2D eigenvalue weighted by Gasteiger charge is 1.99. The van der Waals surface area contributed by atoms with Crippen molar-refractivity contribution >= 4 is 23.6 Å². The van der Waals surface area contributed by atoms with E-state index in [1.165, 1.54) is 7.05 Å². The van der Waals surface area contributed by atoms with Crippen LogP contribution in [0.15, 0.2) is 40.4 Å². The lowest BCUT2D eigenvalue weighted by molar-refractivity contribution is 0.153. The molecule has 4 nitrogen and oxygen atoms in total. The van der Waals surface area contributed by atoms with Gasteiger partial charge in [-0.05, 0) is 19.1 Å². The zero-order valence-electron chi connectivity index (χ0n) is 9.27. The zero-order chi connectivity index (χ0) is 11.8. The van der Waals surface area contributed by atoms with Gasteiger partial charge >= 0.3 is 6.09 Å². The zero-order valence-corrected chi connectivity index (χ0v) is 10.1. The number of nitrogens with zero attached hydrogens (tertiary/aromatic N) is 1. The fourth-order valence-electron chi connectivity index (χ4n) is 0.896. The van der Waals surface area contributed by atoms with Crippen LogP contribution in [0.5, 0.6) is 0 Å². The molecule has 1 rings (SSSR count). The number of benzene rings is 1. The molecule has 1 amide bonds. The summed E-state index contributed by atoms with van der Waals surface area (Å²) in [6.07, 6.45) is -0.552. The number of oxime groups is 1. The molecule has 0 aromatic heterocycles. The van der Waals surface area contributed by atoms with E-state index in [1.54, 1.807) is 11.8 Å². The maximum Gasteiger partial charge on any atom is 0.433 e. The summed E-state index contributed by atoms with van der Waals surface area (Å²) in [6, 6.07) is 9.99. The summed E-state index contributed by atoms with van der Waals surface area (Å²) in [4.78, 5) is 16.5. The van der Waals surface area contributed by atoms with E-state index in [1.807, 2.05) is 37.3 Å². The Hall–Kier alpha value is -1.49. The normalized spacial score (nSPS) is 11.0. The molecule has 5 heteroatoms. The van der Waals surface area contributed by atoms with Gasteiger partial charge in [0.1, 0.15) is 0 Å². The van der Waals surface area contributed by atoms with Gasteiger partial charge in [-0.3, -0.25) is 4.84 Å². The van der Waals surface area contributed by atoms with Crippen molar-refractivity contribution in [1.82, 2.24) is 5.32 Å². The lowest BCUT2D eigenvalue weighted by Crippen LogP contribution is -2.17.